The number of anilines is 1. The van der Waals surface area contributed by atoms with Gasteiger partial charge in [-0.1, -0.05) is 11.3 Å². The van der Waals surface area contributed by atoms with Gasteiger partial charge in [0.2, 0.25) is 10.0 Å². The first-order valence-electron chi connectivity index (χ1n) is 5.78. The van der Waals surface area contributed by atoms with Gasteiger partial charge in [0.15, 0.2) is 4.90 Å². The summed E-state index contributed by atoms with van der Waals surface area (Å²) in [5.74, 6) is 0. The molecule has 0 spiro atoms. The molecule has 112 valence electrons. The average Bonchev–Trinajstić information content (AvgIpc) is 2.91. The lowest BCUT2D eigenvalue weighted by molar-refractivity contribution is -0.386. The SMILES string of the molecule is Nc1cccc(S(=O)(=O)NCCn2ccnn2)c1[N+](=O)[O-]. The van der Waals surface area contributed by atoms with Crippen LogP contribution in [0.15, 0.2) is 35.5 Å². The number of nitro benzene ring substituents is 1. The Bertz CT molecular complexity index is 743. The number of rotatable bonds is 6. The maximum absolute atomic E-state index is 12.1. The van der Waals surface area contributed by atoms with Gasteiger partial charge in [-0.15, -0.1) is 5.10 Å². The quantitative estimate of drug-likeness (QED) is 0.424. The molecule has 10 nitrogen and oxygen atoms in total. The smallest absolute Gasteiger partial charge is 0.312 e. The molecule has 0 amide bonds. The zero-order chi connectivity index (χ0) is 15.5. The molecule has 0 aliphatic carbocycles. The van der Waals surface area contributed by atoms with Gasteiger partial charge in [-0.25, -0.2) is 13.1 Å². The van der Waals surface area contributed by atoms with Crippen molar-refractivity contribution in [2.24, 2.45) is 0 Å². The summed E-state index contributed by atoms with van der Waals surface area (Å²) in [6.45, 7) is 0.257. The summed E-state index contributed by atoms with van der Waals surface area (Å²) in [6.07, 6.45) is 3.02. The minimum atomic E-state index is -4.04. The summed E-state index contributed by atoms with van der Waals surface area (Å²) in [6, 6.07) is 3.74. The molecule has 1 heterocycles. The second-order valence-corrected chi connectivity index (χ2v) is 5.75. The Morgan fingerprint density at radius 3 is 2.81 bits per heavy atom. The van der Waals surface area contributed by atoms with Crippen molar-refractivity contribution < 1.29 is 13.3 Å². The molecule has 0 atom stereocenters. The third kappa shape index (κ3) is 3.32. The van der Waals surface area contributed by atoms with Crippen LogP contribution in [0.2, 0.25) is 0 Å². The summed E-state index contributed by atoms with van der Waals surface area (Å²) in [7, 11) is -4.04. The van der Waals surface area contributed by atoms with Gasteiger partial charge in [-0.05, 0) is 12.1 Å². The van der Waals surface area contributed by atoms with Crippen LogP contribution < -0.4 is 10.5 Å². The van der Waals surface area contributed by atoms with Crippen molar-refractivity contribution >= 4 is 21.4 Å². The van der Waals surface area contributed by atoms with Crippen molar-refractivity contribution in [1.29, 1.82) is 0 Å². The number of nitrogens with two attached hydrogens (primary N) is 1. The third-order valence-corrected chi connectivity index (χ3v) is 4.10. The van der Waals surface area contributed by atoms with Gasteiger partial charge in [-0.3, -0.25) is 14.8 Å². The number of hydrogen-bond acceptors (Lipinski definition) is 7. The van der Waals surface area contributed by atoms with E-state index in [0.717, 1.165) is 6.07 Å². The van der Waals surface area contributed by atoms with Gasteiger partial charge in [-0.2, -0.15) is 0 Å². The molecule has 0 aliphatic rings. The van der Waals surface area contributed by atoms with Crippen molar-refractivity contribution in [2.75, 3.05) is 12.3 Å². The Kier molecular flexibility index (Phi) is 4.14. The largest absolute Gasteiger partial charge is 0.393 e. The number of nitro groups is 1. The molecular formula is C10H12N6O4S. The molecule has 0 saturated carbocycles. The molecule has 0 radical (unpaired) electrons. The summed E-state index contributed by atoms with van der Waals surface area (Å²) in [5, 5.41) is 18.2. The number of sulfonamides is 1. The van der Waals surface area contributed by atoms with E-state index in [1.165, 1.54) is 23.0 Å². The van der Waals surface area contributed by atoms with Crippen LogP contribution >= 0.6 is 0 Å². The Morgan fingerprint density at radius 1 is 1.43 bits per heavy atom. The highest BCUT2D eigenvalue weighted by Gasteiger charge is 2.27. The second-order valence-electron chi connectivity index (χ2n) is 4.01. The predicted octanol–water partition coefficient (Wildman–Crippen LogP) is -0.253. The normalized spacial score (nSPS) is 11.4. The van der Waals surface area contributed by atoms with Crippen molar-refractivity contribution in [3.8, 4) is 0 Å². The number of hydrogen-bond donors (Lipinski definition) is 2. The molecule has 0 bridgehead atoms. The molecule has 1 aromatic carbocycles. The van der Waals surface area contributed by atoms with E-state index in [1.807, 2.05) is 0 Å². The van der Waals surface area contributed by atoms with E-state index in [1.54, 1.807) is 6.20 Å². The third-order valence-electron chi connectivity index (χ3n) is 2.61. The van der Waals surface area contributed by atoms with Gasteiger partial charge < -0.3 is 5.73 Å². The second kappa shape index (κ2) is 5.85. The number of nitrogen functional groups attached to an aromatic ring is 1. The van der Waals surface area contributed by atoms with Crippen LogP contribution in [0.25, 0.3) is 0 Å². The summed E-state index contributed by atoms with van der Waals surface area (Å²) < 4.78 is 27.9. The topological polar surface area (TPSA) is 146 Å². The van der Waals surface area contributed by atoms with Crippen LogP contribution in [0, 0.1) is 10.1 Å². The first-order chi connectivity index (χ1) is 9.92. The molecule has 21 heavy (non-hydrogen) atoms. The van der Waals surface area contributed by atoms with E-state index in [9.17, 15) is 18.5 Å². The molecule has 2 aromatic rings. The fourth-order valence-electron chi connectivity index (χ4n) is 1.68. The molecule has 0 aliphatic heterocycles. The minimum Gasteiger partial charge on any atom is -0.393 e. The monoisotopic (exact) mass is 312 g/mol. The van der Waals surface area contributed by atoms with Crippen molar-refractivity contribution in [1.82, 2.24) is 19.7 Å². The van der Waals surface area contributed by atoms with Crippen LogP contribution in [0.5, 0.6) is 0 Å². The Labute approximate surface area is 119 Å². The predicted molar refractivity (Wildman–Crippen MR) is 72.7 cm³/mol. The zero-order valence-electron chi connectivity index (χ0n) is 10.7. The number of benzene rings is 1. The standard InChI is InChI=1S/C10H12N6O4S/c11-8-2-1-3-9(10(8)16(17)18)21(19,20)13-5-7-15-6-4-12-14-15/h1-4,6,13H,5,7,11H2. The number of nitrogens with zero attached hydrogens (tertiary/aromatic N) is 4. The van der Waals surface area contributed by atoms with Crippen molar-refractivity contribution in [2.45, 2.75) is 11.4 Å². The lowest BCUT2D eigenvalue weighted by Gasteiger charge is -2.08. The Hall–Kier alpha value is -2.53. The number of nitrogens with one attached hydrogen (secondary N) is 1. The highest BCUT2D eigenvalue weighted by Crippen LogP contribution is 2.29. The van der Waals surface area contributed by atoms with Gasteiger partial charge in [0.05, 0.1) is 17.7 Å². The highest BCUT2D eigenvalue weighted by molar-refractivity contribution is 7.89. The van der Waals surface area contributed by atoms with Crippen LogP contribution in [-0.4, -0.2) is 34.9 Å². The van der Waals surface area contributed by atoms with Gasteiger partial charge in [0.1, 0.15) is 5.69 Å². The van der Waals surface area contributed by atoms with Crippen molar-refractivity contribution in [3.63, 3.8) is 0 Å². The summed E-state index contributed by atoms with van der Waals surface area (Å²) >= 11 is 0. The van der Waals surface area contributed by atoms with E-state index in [4.69, 9.17) is 5.73 Å². The first kappa shape index (κ1) is 14.9. The average molecular weight is 312 g/mol. The van der Waals surface area contributed by atoms with Crippen LogP contribution in [0.1, 0.15) is 0 Å². The molecule has 11 heteroatoms. The number of aromatic nitrogens is 3. The Balaban J connectivity index is 2.20. The van der Waals surface area contributed by atoms with E-state index in [0.29, 0.717) is 0 Å². The lowest BCUT2D eigenvalue weighted by Crippen LogP contribution is -2.28. The molecule has 0 fully saturated rings. The van der Waals surface area contributed by atoms with Crippen LogP contribution in [-0.2, 0) is 16.6 Å². The molecule has 3 N–H and O–H groups in total. The summed E-state index contributed by atoms with van der Waals surface area (Å²) in [5.41, 5.74) is 4.63. The van der Waals surface area contributed by atoms with Gasteiger partial charge in [0, 0.05) is 12.7 Å². The fourth-order valence-corrected chi connectivity index (χ4v) is 2.90. The minimum absolute atomic E-state index is 0.0116. The van der Waals surface area contributed by atoms with Crippen LogP contribution in [0.3, 0.4) is 0 Å². The highest BCUT2D eigenvalue weighted by atomic mass is 32.2. The maximum Gasteiger partial charge on any atom is 0.312 e. The van der Waals surface area contributed by atoms with Gasteiger partial charge in [0.25, 0.3) is 0 Å². The van der Waals surface area contributed by atoms with E-state index < -0.39 is 25.5 Å². The van der Waals surface area contributed by atoms with E-state index in [-0.39, 0.29) is 18.8 Å². The molecule has 1 aromatic heterocycles. The summed E-state index contributed by atoms with van der Waals surface area (Å²) in [4.78, 5) is 9.68. The molecule has 0 saturated heterocycles. The lowest BCUT2D eigenvalue weighted by atomic mass is 10.3. The first-order valence-corrected chi connectivity index (χ1v) is 7.27. The van der Waals surface area contributed by atoms with Crippen molar-refractivity contribution in [3.05, 3.63) is 40.7 Å². The number of para-hydroxylation sites is 1. The van der Waals surface area contributed by atoms with Gasteiger partial charge >= 0.3 is 5.69 Å². The maximum atomic E-state index is 12.1. The zero-order valence-corrected chi connectivity index (χ0v) is 11.5. The fraction of sp³-hybridized carbons (Fsp3) is 0.200. The van der Waals surface area contributed by atoms with E-state index in [2.05, 4.69) is 15.0 Å². The van der Waals surface area contributed by atoms with Crippen LogP contribution in [0.4, 0.5) is 11.4 Å². The molecular weight excluding hydrogens is 300 g/mol. The Morgan fingerprint density at radius 2 is 2.19 bits per heavy atom. The molecule has 0 unspecified atom stereocenters. The van der Waals surface area contributed by atoms with E-state index >= 15 is 0 Å². The molecule has 2 rings (SSSR count).